The van der Waals surface area contributed by atoms with Crippen LogP contribution < -0.4 is 0 Å². The van der Waals surface area contributed by atoms with Gasteiger partial charge < -0.3 is 9.30 Å². The van der Waals surface area contributed by atoms with Crippen LogP contribution in [0.2, 0.25) is 0 Å². The van der Waals surface area contributed by atoms with E-state index >= 15 is 0 Å². The molecule has 0 radical (unpaired) electrons. The molecule has 1 aliphatic rings. The van der Waals surface area contributed by atoms with Crippen molar-refractivity contribution in [2.75, 3.05) is 6.61 Å². The maximum atomic E-state index is 12.5. The fraction of sp³-hybridized carbons (Fsp3) is 0.571. The lowest BCUT2D eigenvalue weighted by Gasteiger charge is -2.26. The second kappa shape index (κ2) is 3.23. The van der Waals surface area contributed by atoms with Crippen LogP contribution in [0.25, 0.3) is 0 Å². The van der Waals surface area contributed by atoms with E-state index < -0.39 is 12.2 Å². The van der Waals surface area contributed by atoms with E-state index in [1.807, 2.05) is 0 Å². The van der Waals surface area contributed by atoms with Gasteiger partial charge >= 0.3 is 6.18 Å². The van der Waals surface area contributed by atoms with Crippen LogP contribution in [0.4, 0.5) is 13.2 Å². The van der Waals surface area contributed by atoms with E-state index in [1.165, 1.54) is 6.20 Å². The lowest BCUT2D eigenvalue weighted by atomic mass is 10.2. The highest BCUT2D eigenvalue weighted by atomic mass is 79.9. The van der Waals surface area contributed by atoms with Crippen molar-refractivity contribution < 1.29 is 17.9 Å². The summed E-state index contributed by atoms with van der Waals surface area (Å²) in [7, 11) is 0. The summed E-state index contributed by atoms with van der Waals surface area (Å²) in [4.78, 5) is 3.87. The number of imidazole rings is 1. The number of fused-ring (bicyclic) bond motifs is 1. The van der Waals surface area contributed by atoms with E-state index in [2.05, 4.69) is 20.9 Å². The van der Waals surface area contributed by atoms with Gasteiger partial charge in [-0.15, -0.1) is 0 Å². The fourth-order valence-electron chi connectivity index (χ4n) is 1.37. The van der Waals surface area contributed by atoms with Crippen LogP contribution in [0, 0.1) is 0 Å². The Hall–Kier alpha value is -0.560. The first kappa shape index (κ1) is 9.97. The number of ether oxygens (including phenoxy) is 1. The predicted octanol–water partition coefficient (Wildman–Crippen LogP) is 2.28. The lowest BCUT2D eigenvalue weighted by Crippen LogP contribution is -2.34. The molecule has 1 unspecified atom stereocenters. The molecule has 1 aliphatic heterocycles. The molecule has 0 spiro atoms. The average molecular weight is 271 g/mol. The van der Waals surface area contributed by atoms with Crippen LogP contribution in [-0.4, -0.2) is 22.3 Å². The van der Waals surface area contributed by atoms with Crippen molar-refractivity contribution in [1.82, 2.24) is 9.55 Å². The molecule has 0 saturated heterocycles. The number of alkyl halides is 3. The molecule has 0 bridgehead atoms. The average Bonchev–Trinajstić information content (AvgIpc) is 2.41. The van der Waals surface area contributed by atoms with E-state index in [1.54, 1.807) is 0 Å². The summed E-state index contributed by atoms with van der Waals surface area (Å²) < 4.78 is 43.8. The van der Waals surface area contributed by atoms with Crippen LogP contribution in [0.5, 0.6) is 0 Å². The van der Waals surface area contributed by atoms with Crippen LogP contribution in [0.1, 0.15) is 11.9 Å². The van der Waals surface area contributed by atoms with Crippen LogP contribution in [0.15, 0.2) is 10.8 Å². The lowest BCUT2D eigenvalue weighted by molar-refractivity contribution is -0.189. The minimum Gasteiger partial charge on any atom is -0.371 e. The zero-order valence-electron chi connectivity index (χ0n) is 6.88. The summed E-state index contributed by atoms with van der Waals surface area (Å²) in [6, 6.07) is -1.62. The number of halogens is 4. The highest BCUT2D eigenvalue weighted by Crippen LogP contribution is 2.34. The van der Waals surface area contributed by atoms with Gasteiger partial charge in [-0.25, -0.2) is 4.98 Å². The Morgan fingerprint density at radius 1 is 1.57 bits per heavy atom. The van der Waals surface area contributed by atoms with Gasteiger partial charge in [0.2, 0.25) is 0 Å². The highest BCUT2D eigenvalue weighted by molar-refractivity contribution is 9.10. The molecule has 1 aromatic heterocycles. The maximum Gasteiger partial charge on any atom is 0.411 e. The Bertz CT molecular complexity index is 349. The van der Waals surface area contributed by atoms with Gasteiger partial charge in [0.1, 0.15) is 17.0 Å². The number of rotatable bonds is 0. The molecule has 1 aromatic rings. The van der Waals surface area contributed by atoms with Crippen LogP contribution in [-0.2, 0) is 11.3 Å². The van der Waals surface area contributed by atoms with Gasteiger partial charge in [-0.3, -0.25) is 0 Å². The second-order valence-electron chi connectivity index (χ2n) is 2.96. The second-order valence-corrected chi connectivity index (χ2v) is 3.77. The van der Waals surface area contributed by atoms with Gasteiger partial charge in [0, 0.05) is 6.20 Å². The third-order valence-electron chi connectivity index (χ3n) is 2.00. The summed E-state index contributed by atoms with van der Waals surface area (Å²) in [5.41, 5.74) is 0. The molecular formula is C7H6BrF3N2O. The first-order valence-electron chi connectivity index (χ1n) is 3.86. The SMILES string of the molecule is FC(F)(F)C1COCc2nc(Br)cn21. The number of hydrogen-bond donors (Lipinski definition) is 0. The van der Waals surface area contributed by atoms with Gasteiger partial charge in [0.05, 0.1) is 6.61 Å². The quantitative estimate of drug-likeness (QED) is 0.723. The normalized spacial score (nSPS) is 22.1. The fourth-order valence-corrected chi connectivity index (χ4v) is 1.80. The monoisotopic (exact) mass is 270 g/mol. The topological polar surface area (TPSA) is 27.1 Å². The summed E-state index contributed by atoms with van der Waals surface area (Å²) in [5.74, 6) is 0.297. The number of hydrogen-bond acceptors (Lipinski definition) is 2. The van der Waals surface area contributed by atoms with Gasteiger partial charge in [-0.1, -0.05) is 0 Å². The van der Waals surface area contributed by atoms with Crippen LogP contribution in [0.3, 0.4) is 0 Å². The van der Waals surface area contributed by atoms with E-state index in [4.69, 9.17) is 4.74 Å². The predicted molar refractivity (Wildman–Crippen MR) is 44.7 cm³/mol. The van der Waals surface area contributed by atoms with Crippen molar-refractivity contribution in [3.8, 4) is 0 Å². The van der Waals surface area contributed by atoms with Crippen molar-refractivity contribution in [3.05, 3.63) is 16.6 Å². The highest BCUT2D eigenvalue weighted by Gasteiger charge is 2.43. The first-order chi connectivity index (χ1) is 6.48. The van der Waals surface area contributed by atoms with Crippen LogP contribution >= 0.6 is 15.9 Å². The molecule has 0 N–H and O–H groups in total. The molecule has 0 aromatic carbocycles. The first-order valence-corrected chi connectivity index (χ1v) is 4.65. The van der Waals surface area contributed by atoms with Crippen molar-refractivity contribution in [3.63, 3.8) is 0 Å². The van der Waals surface area contributed by atoms with Crippen molar-refractivity contribution in [2.45, 2.75) is 18.8 Å². The van der Waals surface area contributed by atoms with Crippen molar-refractivity contribution in [1.29, 1.82) is 0 Å². The van der Waals surface area contributed by atoms with Crippen molar-refractivity contribution >= 4 is 15.9 Å². The summed E-state index contributed by atoms with van der Waals surface area (Å²) in [6.07, 6.45) is -2.97. The summed E-state index contributed by atoms with van der Waals surface area (Å²) >= 11 is 3.03. The molecule has 2 rings (SSSR count). The minimum atomic E-state index is -4.30. The Kier molecular flexibility index (Phi) is 2.30. The van der Waals surface area contributed by atoms with Gasteiger partial charge in [0.15, 0.2) is 6.04 Å². The third-order valence-corrected chi connectivity index (χ3v) is 2.38. The number of aromatic nitrogens is 2. The molecule has 0 aliphatic carbocycles. The van der Waals surface area contributed by atoms with E-state index in [0.29, 0.717) is 10.4 Å². The molecule has 0 saturated carbocycles. The zero-order valence-corrected chi connectivity index (χ0v) is 8.47. The molecule has 3 nitrogen and oxygen atoms in total. The smallest absolute Gasteiger partial charge is 0.371 e. The molecule has 1 atom stereocenters. The molecule has 0 fully saturated rings. The summed E-state index contributed by atoms with van der Waals surface area (Å²) in [6.45, 7) is -0.225. The summed E-state index contributed by atoms with van der Waals surface area (Å²) in [5, 5.41) is 0. The third kappa shape index (κ3) is 1.66. The van der Waals surface area contributed by atoms with Gasteiger partial charge in [0.25, 0.3) is 0 Å². The largest absolute Gasteiger partial charge is 0.411 e. The Labute approximate surface area is 86.0 Å². The maximum absolute atomic E-state index is 12.5. The molecule has 7 heteroatoms. The zero-order chi connectivity index (χ0) is 10.3. The standard InChI is InChI=1S/C7H6BrF3N2O/c8-5-1-13-4(7(9,10)11)2-14-3-6(13)12-5/h1,4H,2-3H2. The molecular weight excluding hydrogens is 265 g/mol. The number of nitrogens with zero attached hydrogens (tertiary/aromatic N) is 2. The Morgan fingerprint density at radius 2 is 2.29 bits per heavy atom. The molecule has 2 heterocycles. The van der Waals surface area contributed by atoms with Gasteiger partial charge in [-0.2, -0.15) is 13.2 Å². The molecule has 14 heavy (non-hydrogen) atoms. The van der Waals surface area contributed by atoms with E-state index in [-0.39, 0.29) is 13.2 Å². The van der Waals surface area contributed by atoms with E-state index in [9.17, 15) is 13.2 Å². The Balaban J connectivity index is 2.40. The minimum absolute atomic E-state index is 0.123. The van der Waals surface area contributed by atoms with E-state index in [0.717, 1.165) is 4.57 Å². The van der Waals surface area contributed by atoms with Crippen molar-refractivity contribution in [2.24, 2.45) is 0 Å². The Morgan fingerprint density at radius 3 is 2.93 bits per heavy atom. The molecule has 78 valence electrons. The van der Waals surface area contributed by atoms with Gasteiger partial charge in [-0.05, 0) is 15.9 Å². The molecule has 0 amide bonds.